The number of benzene rings is 4. The number of nitrogens with zero attached hydrogens (tertiary/aromatic N) is 4. The lowest BCUT2D eigenvalue weighted by Crippen LogP contribution is -2.13. The lowest BCUT2D eigenvalue weighted by Gasteiger charge is -2.12. The molecule has 9 heteroatoms. The summed E-state index contributed by atoms with van der Waals surface area (Å²) in [4.78, 5) is 34.0. The minimum atomic E-state index is -0.230. The van der Waals surface area contributed by atoms with Gasteiger partial charge in [0.25, 0.3) is 0 Å². The van der Waals surface area contributed by atoms with Gasteiger partial charge in [0, 0.05) is 39.5 Å². The second-order valence-corrected chi connectivity index (χ2v) is 8.99. The molecule has 0 saturated carbocycles. The molecular weight excluding hydrogens is 492 g/mol. The van der Waals surface area contributed by atoms with Crippen molar-refractivity contribution in [2.75, 3.05) is 23.7 Å². The Hall–Kier alpha value is -5.44. The quantitative estimate of drug-likeness (QED) is 0.221. The van der Waals surface area contributed by atoms with Crippen molar-refractivity contribution in [1.29, 1.82) is 0 Å². The zero-order valence-corrected chi connectivity index (χ0v) is 20.7. The molecule has 2 N–H and O–H groups in total. The fraction of sp³-hybridized carbons (Fsp3) is 0.0667. The van der Waals surface area contributed by atoms with Crippen molar-refractivity contribution in [2.24, 2.45) is 15.1 Å². The van der Waals surface area contributed by atoms with E-state index in [2.05, 4.69) is 25.7 Å². The molecule has 0 fully saturated rings. The summed E-state index contributed by atoms with van der Waals surface area (Å²) < 4.78 is 0. The molecule has 2 amide bonds. The van der Waals surface area contributed by atoms with E-state index < -0.39 is 0 Å². The van der Waals surface area contributed by atoms with Crippen LogP contribution in [-0.4, -0.2) is 41.2 Å². The van der Waals surface area contributed by atoms with Crippen molar-refractivity contribution in [3.8, 4) is 0 Å². The van der Waals surface area contributed by atoms with Crippen LogP contribution in [0.15, 0.2) is 112 Å². The minimum Gasteiger partial charge on any atom is -0.594 e. The molecule has 0 bridgehead atoms. The normalized spacial score (nSPS) is 15.0. The fourth-order valence-corrected chi connectivity index (χ4v) is 4.56. The van der Waals surface area contributed by atoms with Crippen LogP contribution in [0.5, 0.6) is 0 Å². The zero-order chi connectivity index (χ0) is 26.8. The van der Waals surface area contributed by atoms with Crippen LogP contribution < -0.4 is 10.6 Å². The Kier molecular flexibility index (Phi) is 6.22. The number of nitrogens with one attached hydrogen (secondary N) is 2. The number of anilines is 2. The summed E-state index contributed by atoms with van der Waals surface area (Å²) in [7, 11) is 0. The molecule has 0 atom stereocenters. The maximum absolute atomic E-state index is 13.3. The Morgan fingerprint density at radius 2 is 1.18 bits per heavy atom. The monoisotopic (exact) mass is 514 g/mol. The number of fused-ring (bicyclic) bond motifs is 2. The number of carbonyl (C=O) groups excluding carboxylic acids is 2. The highest BCUT2D eigenvalue weighted by molar-refractivity contribution is 6.20. The molecule has 0 spiro atoms. The summed E-state index contributed by atoms with van der Waals surface area (Å²) in [6, 6.07) is 29.1. The molecule has 2 heterocycles. The topological polar surface area (TPSA) is 121 Å². The van der Waals surface area contributed by atoms with Crippen LogP contribution >= 0.6 is 0 Å². The number of rotatable bonds is 4. The van der Waals surface area contributed by atoms with Crippen LogP contribution in [0.4, 0.5) is 22.7 Å². The highest BCUT2D eigenvalue weighted by Gasteiger charge is 2.22. The van der Waals surface area contributed by atoms with E-state index >= 15 is 0 Å². The Balaban J connectivity index is 1.40. The van der Waals surface area contributed by atoms with Crippen LogP contribution in [-0.2, 0) is 9.59 Å². The summed E-state index contributed by atoms with van der Waals surface area (Å²) in [5.74, 6) is -0.447. The molecule has 2 aliphatic heterocycles. The SMILES string of the molecule is O=C1CN=C(c2ccccc2)c2cc(N=[N+]([O-])c3ccc4c(c3)C(c3ccccc3)=NCC(=O)N4)ccc2N1. The zero-order valence-electron chi connectivity index (χ0n) is 20.7. The van der Waals surface area contributed by atoms with E-state index in [1.807, 2.05) is 60.7 Å². The highest BCUT2D eigenvalue weighted by atomic mass is 16.5. The van der Waals surface area contributed by atoms with Gasteiger partial charge < -0.3 is 15.8 Å². The first kappa shape index (κ1) is 23.9. The summed E-state index contributed by atoms with van der Waals surface area (Å²) in [6.07, 6.45) is 0. The lowest BCUT2D eigenvalue weighted by molar-refractivity contribution is -0.435. The predicted molar refractivity (Wildman–Crippen MR) is 149 cm³/mol. The predicted octanol–water partition coefficient (Wildman–Crippen LogP) is 5.19. The van der Waals surface area contributed by atoms with E-state index in [1.54, 1.807) is 36.4 Å². The van der Waals surface area contributed by atoms with E-state index in [0.29, 0.717) is 44.5 Å². The van der Waals surface area contributed by atoms with Crippen LogP contribution in [0, 0.1) is 5.21 Å². The molecule has 0 saturated heterocycles. The third-order valence-electron chi connectivity index (χ3n) is 6.35. The second kappa shape index (κ2) is 10.1. The number of azo groups is 1. The van der Waals surface area contributed by atoms with Crippen molar-refractivity contribution >= 4 is 46.0 Å². The lowest BCUT2D eigenvalue weighted by atomic mass is 10.00. The van der Waals surface area contributed by atoms with Crippen LogP contribution in [0.3, 0.4) is 0 Å². The van der Waals surface area contributed by atoms with E-state index in [-0.39, 0.29) is 30.6 Å². The summed E-state index contributed by atoms with van der Waals surface area (Å²) in [5, 5.41) is 23.3. The molecule has 2 aliphatic rings. The van der Waals surface area contributed by atoms with Gasteiger partial charge in [-0.25, -0.2) is 0 Å². The van der Waals surface area contributed by atoms with Crippen molar-refractivity contribution in [2.45, 2.75) is 0 Å². The van der Waals surface area contributed by atoms with E-state index in [0.717, 1.165) is 11.1 Å². The number of amides is 2. The average molecular weight is 515 g/mol. The molecular formula is C30H22N6O3. The van der Waals surface area contributed by atoms with Gasteiger partial charge in [-0.05, 0) is 24.3 Å². The Morgan fingerprint density at radius 1 is 0.667 bits per heavy atom. The molecule has 0 aromatic heterocycles. The van der Waals surface area contributed by atoms with E-state index in [4.69, 9.17) is 0 Å². The summed E-state index contributed by atoms with van der Waals surface area (Å²) in [5.41, 5.74) is 6.08. The molecule has 0 radical (unpaired) electrons. The maximum Gasteiger partial charge on any atom is 0.246 e. The summed E-state index contributed by atoms with van der Waals surface area (Å²) >= 11 is 0. The van der Waals surface area contributed by atoms with Gasteiger partial charge in [-0.15, -0.1) is 0 Å². The number of carbonyl (C=O) groups is 2. The van der Waals surface area contributed by atoms with Crippen LogP contribution in [0.2, 0.25) is 0 Å². The molecule has 9 nitrogen and oxygen atoms in total. The Morgan fingerprint density at radius 3 is 1.74 bits per heavy atom. The standard InChI is InChI=1S/C30H22N6O3/c37-27-17-31-29(19-7-3-1-4-8-19)23-15-21(11-13-25(23)33-27)35-36(39)22-12-14-26-24(16-22)30(32-18-28(38)34-26)20-9-5-2-6-10-20/h1-16H,17-18H2,(H,33,37)(H,34,38). The first-order valence-corrected chi connectivity index (χ1v) is 12.3. The third kappa shape index (κ3) is 4.93. The molecule has 0 aliphatic carbocycles. The smallest absolute Gasteiger partial charge is 0.246 e. The molecule has 39 heavy (non-hydrogen) atoms. The van der Waals surface area contributed by atoms with Gasteiger partial charge in [-0.2, -0.15) is 0 Å². The van der Waals surface area contributed by atoms with Crippen molar-refractivity contribution in [3.05, 3.63) is 125 Å². The van der Waals surface area contributed by atoms with Gasteiger partial charge in [0.2, 0.25) is 17.5 Å². The molecule has 190 valence electrons. The molecule has 6 rings (SSSR count). The van der Waals surface area contributed by atoms with Gasteiger partial charge in [0.1, 0.15) is 18.8 Å². The van der Waals surface area contributed by atoms with Crippen LogP contribution in [0.1, 0.15) is 22.3 Å². The van der Waals surface area contributed by atoms with Crippen molar-refractivity contribution in [3.63, 3.8) is 0 Å². The van der Waals surface area contributed by atoms with Gasteiger partial charge in [0.05, 0.1) is 22.8 Å². The molecule has 4 aromatic carbocycles. The Labute approximate surface area is 223 Å². The first-order chi connectivity index (χ1) is 19.0. The Bertz CT molecular complexity index is 1690. The maximum atomic E-state index is 13.3. The number of hydrogen-bond acceptors (Lipinski definition) is 6. The van der Waals surface area contributed by atoms with Crippen molar-refractivity contribution < 1.29 is 14.4 Å². The van der Waals surface area contributed by atoms with E-state index in [9.17, 15) is 14.8 Å². The number of hydrogen-bond donors (Lipinski definition) is 2. The minimum absolute atomic E-state index is 0.00394. The highest BCUT2D eigenvalue weighted by Crippen LogP contribution is 2.30. The number of benzodiazepines with no additional fused rings is 2. The molecule has 4 aromatic rings. The number of aliphatic imine (C=N–C) groups is 2. The first-order valence-electron chi connectivity index (χ1n) is 12.3. The summed E-state index contributed by atoms with van der Waals surface area (Å²) in [6.45, 7) is -0.0211. The van der Waals surface area contributed by atoms with Gasteiger partial charge in [-0.1, -0.05) is 65.5 Å². The third-order valence-corrected chi connectivity index (χ3v) is 6.35. The fourth-order valence-electron chi connectivity index (χ4n) is 4.56. The van der Waals surface area contributed by atoms with Gasteiger partial charge in [0.15, 0.2) is 0 Å². The second-order valence-electron chi connectivity index (χ2n) is 8.99. The van der Waals surface area contributed by atoms with E-state index in [1.165, 1.54) is 0 Å². The van der Waals surface area contributed by atoms with Crippen molar-refractivity contribution in [1.82, 2.24) is 0 Å². The van der Waals surface area contributed by atoms with Gasteiger partial charge >= 0.3 is 0 Å². The average Bonchev–Trinajstić information content (AvgIpc) is 3.23. The molecule has 0 unspecified atom stereocenters. The van der Waals surface area contributed by atoms with Crippen LogP contribution in [0.25, 0.3) is 0 Å². The van der Waals surface area contributed by atoms with Gasteiger partial charge in [-0.3, -0.25) is 19.6 Å². The largest absolute Gasteiger partial charge is 0.594 e.